The zero-order chi connectivity index (χ0) is 14.2. The molecule has 108 valence electrons. The lowest BCUT2D eigenvalue weighted by molar-refractivity contribution is 0.0135. The van der Waals surface area contributed by atoms with Crippen LogP contribution < -0.4 is 4.74 Å². The molecular weight excluding hydrogens is 258 g/mol. The summed E-state index contributed by atoms with van der Waals surface area (Å²) >= 11 is 0. The van der Waals surface area contributed by atoms with Gasteiger partial charge >= 0.3 is 0 Å². The van der Waals surface area contributed by atoms with Crippen molar-refractivity contribution in [3.8, 4) is 5.75 Å². The third kappa shape index (κ3) is 4.04. The van der Waals surface area contributed by atoms with Crippen LogP contribution >= 0.6 is 0 Å². The molecule has 1 unspecified atom stereocenters. The maximum atomic E-state index is 5.84. The lowest BCUT2D eigenvalue weighted by Crippen LogP contribution is -2.13. The lowest BCUT2D eigenvalue weighted by atomic mass is 10.1. The number of hydrogen-bond donors (Lipinski definition) is 1. The van der Waals surface area contributed by atoms with E-state index in [4.69, 9.17) is 14.2 Å². The minimum Gasteiger partial charge on any atom is -0.497 e. The summed E-state index contributed by atoms with van der Waals surface area (Å²) in [5.74, 6) is 1.62. The van der Waals surface area contributed by atoms with Crippen LogP contribution in [-0.2, 0) is 15.9 Å². The highest BCUT2D eigenvalue weighted by Crippen LogP contribution is 2.22. The normalized spacial score (nSPS) is 12.3. The molecule has 2 rings (SSSR count). The Hall–Kier alpha value is -1.92. The number of methoxy groups -OCH3 is 2. The van der Waals surface area contributed by atoms with Gasteiger partial charge in [-0.25, -0.2) is 4.98 Å². The predicted octanol–water partition coefficient (Wildman–Crippen LogP) is 1.76. The van der Waals surface area contributed by atoms with Gasteiger partial charge in [-0.1, -0.05) is 0 Å². The van der Waals surface area contributed by atoms with Crippen LogP contribution in [0.5, 0.6) is 5.75 Å². The number of nitrogens with zero attached hydrogens (tertiary/aromatic N) is 2. The van der Waals surface area contributed by atoms with E-state index in [9.17, 15) is 0 Å². The van der Waals surface area contributed by atoms with Gasteiger partial charge in [-0.3, -0.25) is 4.98 Å². The van der Waals surface area contributed by atoms with Crippen molar-refractivity contribution < 1.29 is 14.2 Å². The van der Waals surface area contributed by atoms with E-state index < -0.39 is 0 Å². The number of aromatic nitrogens is 3. The number of aromatic amines is 1. The van der Waals surface area contributed by atoms with Crippen molar-refractivity contribution in [2.75, 3.05) is 27.4 Å². The smallest absolute Gasteiger partial charge is 0.122 e. The Balaban J connectivity index is 2.11. The van der Waals surface area contributed by atoms with Crippen LogP contribution in [-0.4, -0.2) is 42.4 Å². The van der Waals surface area contributed by atoms with Crippen LogP contribution in [0.4, 0.5) is 0 Å². The molecule has 0 aliphatic carbocycles. The van der Waals surface area contributed by atoms with Gasteiger partial charge in [0.05, 0.1) is 26.0 Å². The second-order valence-corrected chi connectivity index (χ2v) is 4.21. The maximum absolute atomic E-state index is 5.84. The highest BCUT2D eigenvalue weighted by molar-refractivity contribution is 5.24. The van der Waals surface area contributed by atoms with E-state index in [1.54, 1.807) is 32.8 Å². The average molecular weight is 277 g/mol. The monoisotopic (exact) mass is 277 g/mol. The first-order valence-corrected chi connectivity index (χ1v) is 6.42. The van der Waals surface area contributed by atoms with Gasteiger partial charge in [0.15, 0.2) is 0 Å². The summed E-state index contributed by atoms with van der Waals surface area (Å²) in [6, 6.07) is 3.68. The fraction of sp³-hybridized carbons (Fsp3) is 0.429. The number of hydrogen-bond acceptors (Lipinski definition) is 5. The number of rotatable bonds is 8. The highest BCUT2D eigenvalue weighted by Gasteiger charge is 2.16. The SMILES string of the molecule is COCCOC(Cc1ncc[nH]1)c1cc(OC)ccn1. The molecule has 0 aliphatic rings. The average Bonchev–Trinajstić information content (AvgIpc) is 2.99. The van der Waals surface area contributed by atoms with Gasteiger partial charge in [0.25, 0.3) is 0 Å². The number of imidazole rings is 1. The number of H-pyrrole nitrogens is 1. The zero-order valence-corrected chi connectivity index (χ0v) is 11.7. The molecule has 2 aromatic heterocycles. The molecule has 6 heteroatoms. The molecule has 0 saturated heterocycles. The van der Waals surface area contributed by atoms with E-state index in [2.05, 4.69) is 15.0 Å². The topological polar surface area (TPSA) is 69.3 Å². The molecular formula is C14H19N3O3. The van der Waals surface area contributed by atoms with E-state index in [1.807, 2.05) is 12.1 Å². The summed E-state index contributed by atoms with van der Waals surface area (Å²) in [6.45, 7) is 1.04. The van der Waals surface area contributed by atoms with Crippen molar-refractivity contribution in [1.29, 1.82) is 0 Å². The molecule has 6 nitrogen and oxygen atoms in total. The Morgan fingerprint density at radius 3 is 2.80 bits per heavy atom. The van der Waals surface area contributed by atoms with Crippen LogP contribution in [0.2, 0.25) is 0 Å². The van der Waals surface area contributed by atoms with Gasteiger partial charge in [-0.2, -0.15) is 0 Å². The summed E-state index contributed by atoms with van der Waals surface area (Å²) in [4.78, 5) is 11.7. The Morgan fingerprint density at radius 2 is 2.10 bits per heavy atom. The Bertz CT molecular complexity index is 502. The molecule has 0 amide bonds. The fourth-order valence-corrected chi connectivity index (χ4v) is 1.84. The molecule has 2 aromatic rings. The first-order valence-electron chi connectivity index (χ1n) is 6.42. The highest BCUT2D eigenvalue weighted by atomic mass is 16.5. The van der Waals surface area contributed by atoms with Gasteiger partial charge in [0.1, 0.15) is 17.7 Å². The maximum Gasteiger partial charge on any atom is 0.122 e. The zero-order valence-electron chi connectivity index (χ0n) is 11.7. The summed E-state index contributed by atoms with van der Waals surface area (Å²) in [5.41, 5.74) is 0.817. The van der Waals surface area contributed by atoms with Crippen LogP contribution in [0.1, 0.15) is 17.6 Å². The van der Waals surface area contributed by atoms with Crippen molar-refractivity contribution in [3.63, 3.8) is 0 Å². The Morgan fingerprint density at radius 1 is 1.20 bits per heavy atom. The summed E-state index contributed by atoms with van der Waals surface area (Å²) in [6.07, 6.45) is 5.66. The van der Waals surface area contributed by atoms with Crippen molar-refractivity contribution >= 4 is 0 Å². The molecule has 0 aliphatic heterocycles. The Labute approximate surface area is 118 Å². The molecule has 0 spiro atoms. The van der Waals surface area contributed by atoms with Crippen LogP contribution in [0, 0.1) is 0 Å². The van der Waals surface area contributed by atoms with E-state index in [1.165, 1.54) is 0 Å². The third-order valence-electron chi connectivity index (χ3n) is 2.86. The summed E-state index contributed by atoms with van der Waals surface area (Å²) in [5, 5.41) is 0. The second-order valence-electron chi connectivity index (χ2n) is 4.21. The van der Waals surface area contributed by atoms with Gasteiger partial charge in [0.2, 0.25) is 0 Å². The third-order valence-corrected chi connectivity index (χ3v) is 2.86. The Kier molecular flexibility index (Phi) is 5.52. The first-order chi connectivity index (χ1) is 9.83. The molecule has 2 heterocycles. The molecule has 20 heavy (non-hydrogen) atoms. The number of nitrogens with one attached hydrogen (secondary N) is 1. The largest absolute Gasteiger partial charge is 0.497 e. The molecule has 0 fully saturated rings. The molecule has 0 bridgehead atoms. The van der Waals surface area contributed by atoms with Crippen molar-refractivity contribution in [3.05, 3.63) is 42.2 Å². The van der Waals surface area contributed by atoms with Crippen molar-refractivity contribution in [2.45, 2.75) is 12.5 Å². The molecule has 1 N–H and O–H groups in total. The van der Waals surface area contributed by atoms with Crippen molar-refractivity contribution in [1.82, 2.24) is 15.0 Å². The van der Waals surface area contributed by atoms with E-state index in [0.717, 1.165) is 17.3 Å². The second kappa shape index (κ2) is 7.62. The molecule has 1 atom stereocenters. The van der Waals surface area contributed by atoms with E-state index in [-0.39, 0.29) is 6.10 Å². The number of pyridine rings is 1. The van der Waals surface area contributed by atoms with E-state index >= 15 is 0 Å². The molecule has 0 radical (unpaired) electrons. The van der Waals surface area contributed by atoms with Gasteiger partial charge in [-0.15, -0.1) is 0 Å². The van der Waals surface area contributed by atoms with Gasteiger partial charge in [-0.05, 0) is 6.07 Å². The van der Waals surface area contributed by atoms with E-state index in [0.29, 0.717) is 19.6 Å². The van der Waals surface area contributed by atoms with Crippen LogP contribution in [0.15, 0.2) is 30.7 Å². The lowest BCUT2D eigenvalue weighted by Gasteiger charge is -2.17. The minimum absolute atomic E-state index is 0.189. The minimum atomic E-state index is -0.189. The predicted molar refractivity (Wildman–Crippen MR) is 73.6 cm³/mol. The summed E-state index contributed by atoms with van der Waals surface area (Å²) < 4.78 is 16.1. The molecule has 0 saturated carbocycles. The molecule has 0 aromatic carbocycles. The van der Waals surface area contributed by atoms with Crippen molar-refractivity contribution in [2.24, 2.45) is 0 Å². The van der Waals surface area contributed by atoms with Crippen LogP contribution in [0.25, 0.3) is 0 Å². The van der Waals surface area contributed by atoms with Gasteiger partial charge in [0, 0.05) is 38.2 Å². The number of ether oxygens (including phenoxy) is 3. The quantitative estimate of drug-likeness (QED) is 0.745. The summed E-state index contributed by atoms with van der Waals surface area (Å²) in [7, 11) is 3.28. The van der Waals surface area contributed by atoms with Gasteiger partial charge < -0.3 is 19.2 Å². The fourth-order valence-electron chi connectivity index (χ4n) is 1.84. The van der Waals surface area contributed by atoms with Crippen LogP contribution in [0.3, 0.4) is 0 Å². The first kappa shape index (κ1) is 14.5. The standard InChI is InChI=1S/C14H19N3O3/c1-18-7-8-20-13(10-14-16-5-6-17-14)12-9-11(19-2)3-4-15-12/h3-6,9,13H,7-8,10H2,1-2H3,(H,16,17).